The fourth-order valence-electron chi connectivity index (χ4n) is 1.53. The van der Waals surface area contributed by atoms with E-state index in [-0.39, 0.29) is 5.91 Å². The van der Waals surface area contributed by atoms with Crippen LogP contribution in [0, 0.1) is 0 Å². The van der Waals surface area contributed by atoms with Crippen LogP contribution in [0.3, 0.4) is 0 Å². The third-order valence-corrected chi connectivity index (χ3v) is 2.56. The Morgan fingerprint density at radius 2 is 2.21 bits per heavy atom. The van der Waals surface area contributed by atoms with Crippen molar-refractivity contribution in [2.45, 2.75) is 6.54 Å². The van der Waals surface area contributed by atoms with Gasteiger partial charge in [0.15, 0.2) is 0 Å². The summed E-state index contributed by atoms with van der Waals surface area (Å²) in [7, 11) is 1.55. The zero-order valence-electron chi connectivity index (χ0n) is 10.5. The second kappa shape index (κ2) is 5.81. The highest BCUT2D eigenvalue weighted by Gasteiger charge is 2.08. The third-order valence-electron chi connectivity index (χ3n) is 2.56. The zero-order chi connectivity index (χ0) is 13.7. The number of methoxy groups -OCH3 is 1. The summed E-state index contributed by atoms with van der Waals surface area (Å²) in [5, 5.41) is 2.77. The molecular formula is C13H14N4O2. The van der Waals surface area contributed by atoms with Crippen LogP contribution < -0.4 is 15.8 Å². The number of pyridine rings is 2. The minimum atomic E-state index is -0.240. The summed E-state index contributed by atoms with van der Waals surface area (Å²) >= 11 is 0. The molecular weight excluding hydrogens is 244 g/mol. The number of nitrogens with two attached hydrogens (primary N) is 1. The maximum absolute atomic E-state index is 11.9. The Bertz CT molecular complexity index is 569. The molecule has 6 nitrogen and oxygen atoms in total. The molecule has 98 valence electrons. The third kappa shape index (κ3) is 3.19. The number of ether oxygens (including phenoxy) is 1. The van der Waals surface area contributed by atoms with Crippen LogP contribution in [0.5, 0.6) is 5.88 Å². The zero-order valence-corrected chi connectivity index (χ0v) is 10.5. The van der Waals surface area contributed by atoms with Crippen molar-refractivity contribution in [3.8, 4) is 5.88 Å². The van der Waals surface area contributed by atoms with E-state index in [1.54, 1.807) is 25.4 Å². The van der Waals surface area contributed by atoms with Gasteiger partial charge < -0.3 is 15.8 Å². The Labute approximate surface area is 110 Å². The number of carbonyl (C=O) groups is 1. The van der Waals surface area contributed by atoms with Crippen molar-refractivity contribution in [2.75, 3.05) is 12.8 Å². The summed E-state index contributed by atoms with van der Waals surface area (Å²) in [5.74, 6) is 0.296. The number of aromatic nitrogens is 2. The molecule has 0 aliphatic carbocycles. The number of nitrogens with one attached hydrogen (secondary N) is 1. The summed E-state index contributed by atoms with van der Waals surface area (Å²) in [4.78, 5) is 19.8. The molecule has 0 aliphatic rings. The van der Waals surface area contributed by atoms with E-state index in [0.29, 0.717) is 23.7 Å². The first-order valence-electron chi connectivity index (χ1n) is 5.67. The molecule has 0 saturated heterocycles. The van der Waals surface area contributed by atoms with Gasteiger partial charge in [-0.05, 0) is 11.6 Å². The number of hydrogen-bond acceptors (Lipinski definition) is 5. The summed E-state index contributed by atoms with van der Waals surface area (Å²) in [5.41, 5.74) is 7.32. The largest absolute Gasteiger partial charge is 0.481 e. The Morgan fingerprint density at radius 3 is 2.84 bits per heavy atom. The molecule has 3 N–H and O–H groups in total. The Hall–Kier alpha value is -2.63. The lowest BCUT2D eigenvalue weighted by atomic mass is 10.2. The monoisotopic (exact) mass is 258 g/mol. The molecule has 0 fully saturated rings. The van der Waals surface area contributed by atoms with Gasteiger partial charge in [-0.2, -0.15) is 0 Å². The number of rotatable bonds is 4. The summed E-state index contributed by atoms with van der Waals surface area (Å²) in [6.45, 7) is 0.373. The molecule has 1 amide bonds. The first-order valence-corrected chi connectivity index (χ1v) is 5.67. The van der Waals surface area contributed by atoms with Gasteiger partial charge in [-0.25, -0.2) is 4.98 Å². The van der Waals surface area contributed by atoms with Crippen molar-refractivity contribution in [2.24, 2.45) is 0 Å². The highest BCUT2D eigenvalue weighted by Crippen LogP contribution is 2.09. The van der Waals surface area contributed by atoms with Gasteiger partial charge in [-0.1, -0.05) is 6.07 Å². The SMILES string of the molecule is COc1ccc(CNC(=O)c2ccncc2N)cn1. The lowest BCUT2D eigenvalue weighted by Gasteiger charge is -2.07. The number of carbonyl (C=O) groups excluding carboxylic acids is 1. The lowest BCUT2D eigenvalue weighted by Crippen LogP contribution is -2.23. The number of amides is 1. The fourth-order valence-corrected chi connectivity index (χ4v) is 1.53. The maximum Gasteiger partial charge on any atom is 0.253 e. The van der Waals surface area contributed by atoms with Crippen LogP contribution in [0.1, 0.15) is 15.9 Å². The normalized spacial score (nSPS) is 9.95. The fraction of sp³-hybridized carbons (Fsp3) is 0.154. The van der Waals surface area contributed by atoms with E-state index in [0.717, 1.165) is 5.56 Å². The minimum Gasteiger partial charge on any atom is -0.481 e. The second-order valence-corrected chi connectivity index (χ2v) is 3.85. The molecule has 2 aromatic heterocycles. The molecule has 0 bridgehead atoms. The molecule has 2 heterocycles. The van der Waals surface area contributed by atoms with E-state index in [2.05, 4.69) is 15.3 Å². The molecule has 0 radical (unpaired) electrons. The quantitative estimate of drug-likeness (QED) is 0.853. The second-order valence-electron chi connectivity index (χ2n) is 3.85. The van der Waals surface area contributed by atoms with E-state index >= 15 is 0 Å². The molecule has 0 aliphatic heterocycles. The Morgan fingerprint density at radius 1 is 1.37 bits per heavy atom. The van der Waals surface area contributed by atoms with Gasteiger partial charge >= 0.3 is 0 Å². The van der Waals surface area contributed by atoms with Gasteiger partial charge in [-0.15, -0.1) is 0 Å². The number of anilines is 1. The highest BCUT2D eigenvalue weighted by atomic mass is 16.5. The molecule has 0 saturated carbocycles. The van der Waals surface area contributed by atoms with Crippen molar-refractivity contribution >= 4 is 11.6 Å². The van der Waals surface area contributed by atoms with Crippen molar-refractivity contribution < 1.29 is 9.53 Å². The smallest absolute Gasteiger partial charge is 0.253 e. The number of nitrogens with zero attached hydrogens (tertiary/aromatic N) is 2. The predicted molar refractivity (Wildman–Crippen MR) is 70.6 cm³/mol. The summed E-state index contributed by atoms with van der Waals surface area (Å²) in [6, 6.07) is 5.15. The molecule has 19 heavy (non-hydrogen) atoms. The topological polar surface area (TPSA) is 90.1 Å². The number of hydrogen-bond donors (Lipinski definition) is 2. The molecule has 0 spiro atoms. The van der Waals surface area contributed by atoms with Crippen LogP contribution in [-0.4, -0.2) is 23.0 Å². The van der Waals surface area contributed by atoms with Crippen molar-refractivity contribution in [3.63, 3.8) is 0 Å². The minimum absolute atomic E-state index is 0.240. The molecule has 0 atom stereocenters. The van der Waals surface area contributed by atoms with Crippen molar-refractivity contribution in [1.29, 1.82) is 0 Å². The predicted octanol–water partition coefficient (Wildman–Crippen LogP) is 0.997. The molecule has 0 aromatic carbocycles. The van der Waals surface area contributed by atoms with Crippen LogP contribution in [0.4, 0.5) is 5.69 Å². The van der Waals surface area contributed by atoms with Crippen LogP contribution in [-0.2, 0) is 6.54 Å². The van der Waals surface area contributed by atoms with Crippen LogP contribution in [0.2, 0.25) is 0 Å². The van der Waals surface area contributed by atoms with E-state index in [1.807, 2.05) is 6.07 Å². The van der Waals surface area contributed by atoms with E-state index < -0.39 is 0 Å². The lowest BCUT2D eigenvalue weighted by molar-refractivity contribution is 0.0951. The van der Waals surface area contributed by atoms with Gasteiger partial charge in [0, 0.05) is 25.0 Å². The number of nitrogen functional groups attached to an aromatic ring is 1. The van der Waals surface area contributed by atoms with Gasteiger partial charge in [0.2, 0.25) is 5.88 Å². The van der Waals surface area contributed by atoms with Crippen molar-refractivity contribution in [3.05, 3.63) is 47.9 Å². The molecule has 6 heteroatoms. The van der Waals surface area contributed by atoms with Crippen molar-refractivity contribution in [1.82, 2.24) is 15.3 Å². The first-order chi connectivity index (χ1) is 9.20. The standard InChI is InChI=1S/C13H14N4O2/c1-19-12-3-2-9(6-16-12)7-17-13(18)10-4-5-15-8-11(10)14/h2-6,8H,7,14H2,1H3,(H,17,18). The van der Waals surface area contributed by atoms with Gasteiger partial charge in [0.05, 0.1) is 24.6 Å². The average molecular weight is 258 g/mol. The Kier molecular flexibility index (Phi) is 3.92. The maximum atomic E-state index is 11.9. The summed E-state index contributed by atoms with van der Waals surface area (Å²) in [6.07, 6.45) is 4.62. The molecule has 0 unspecified atom stereocenters. The highest BCUT2D eigenvalue weighted by molar-refractivity contribution is 5.98. The van der Waals surface area contributed by atoms with Gasteiger partial charge in [-0.3, -0.25) is 9.78 Å². The van der Waals surface area contributed by atoms with E-state index in [4.69, 9.17) is 10.5 Å². The van der Waals surface area contributed by atoms with E-state index in [1.165, 1.54) is 12.4 Å². The van der Waals surface area contributed by atoms with Gasteiger partial charge in [0.1, 0.15) is 0 Å². The molecule has 2 aromatic rings. The van der Waals surface area contributed by atoms with E-state index in [9.17, 15) is 4.79 Å². The average Bonchev–Trinajstić information content (AvgIpc) is 2.46. The van der Waals surface area contributed by atoms with Crippen LogP contribution in [0.15, 0.2) is 36.8 Å². The summed E-state index contributed by atoms with van der Waals surface area (Å²) < 4.78 is 4.96. The van der Waals surface area contributed by atoms with Crippen LogP contribution >= 0.6 is 0 Å². The molecule has 2 rings (SSSR count). The first kappa shape index (κ1) is 12.8. The van der Waals surface area contributed by atoms with Gasteiger partial charge in [0.25, 0.3) is 5.91 Å². The van der Waals surface area contributed by atoms with Crippen LogP contribution in [0.25, 0.3) is 0 Å². The Balaban J connectivity index is 1.98.